The van der Waals surface area contributed by atoms with Gasteiger partial charge in [-0.1, -0.05) is 66.4 Å². The van der Waals surface area contributed by atoms with Crippen LogP contribution in [0.5, 0.6) is 0 Å². The molecule has 1 aliphatic heterocycles. The quantitative estimate of drug-likeness (QED) is 0.544. The first-order valence-electron chi connectivity index (χ1n) is 10.6. The molecule has 4 rings (SSSR count). The van der Waals surface area contributed by atoms with Gasteiger partial charge in [0.1, 0.15) is 11.5 Å². The summed E-state index contributed by atoms with van der Waals surface area (Å²) in [6, 6.07) is 26.5. The van der Waals surface area contributed by atoms with Gasteiger partial charge in [0.2, 0.25) is 0 Å². The van der Waals surface area contributed by atoms with E-state index in [-0.39, 0.29) is 0 Å². The third-order valence-corrected chi connectivity index (χ3v) is 6.41. The van der Waals surface area contributed by atoms with Gasteiger partial charge in [-0.2, -0.15) is 0 Å². The molecule has 33 heavy (non-hydrogen) atoms. The van der Waals surface area contributed by atoms with E-state index in [9.17, 15) is 14.7 Å². The topological polar surface area (TPSA) is 82.1 Å². The zero-order valence-electron chi connectivity index (χ0n) is 17.9. The lowest BCUT2D eigenvalue weighted by atomic mass is 10.00. The number of rotatable bonds is 6. The van der Waals surface area contributed by atoms with Crippen molar-refractivity contribution in [1.29, 1.82) is 0 Å². The number of carbonyl (C=O) groups excluding carboxylic acids is 2. The number of benzene rings is 3. The van der Waals surface area contributed by atoms with Crippen LogP contribution in [0, 0.1) is 0 Å². The molecular formula is C26H24O6S. The van der Waals surface area contributed by atoms with Crippen molar-refractivity contribution >= 4 is 23.7 Å². The average Bonchev–Trinajstić information content (AvgIpc) is 2.85. The molecule has 0 spiro atoms. The molecule has 3 aromatic carbocycles. The van der Waals surface area contributed by atoms with Crippen molar-refractivity contribution in [2.45, 2.75) is 41.7 Å². The van der Waals surface area contributed by atoms with Crippen LogP contribution < -0.4 is 0 Å². The Morgan fingerprint density at radius 3 is 1.73 bits per heavy atom. The van der Waals surface area contributed by atoms with E-state index in [4.69, 9.17) is 14.2 Å². The molecule has 0 amide bonds. The van der Waals surface area contributed by atoms with Crippen LogP contribution in [-0.2, 0) is 14.2 Å². The lowest BCUT2D eigenvalue weighted by Gasteiger charge is -2.42. The fraction of sp³-hybridized carbons (Fsp3) is 0.231. The Hall–Kier alpha value is -3.13. The fourth-order valence-corrected chi connectivity index (χ4v) is 4.71. The Bertz CT molecular complexity index is 1060. The molecule has 0 bridgehead atoms. The molecule has 1 saturated heterocycles. The van der Waals surface area contributed by atoms with E-state index < -0.39 is 41.8 Å². The second-order valence-electron chi connectivity index (χ2n) is 7.60. The lowest BCUT2D eigenvalue weighted by Crippen LogP contribution is -2.58. The van der Waals surface area contributed by atoms with E-state index in [0.717, 1.165) is 4.90 Å². The van der Waals surface area contributed by atoms with Gasteiger partial charge in [0.15, 0.2) is 12.2 Å². The van der Waals surface area contributed by atoms with Crippen LogP contribution in [-0.4, -0.2) is 46.9 Å². The number of aliphatic hydroxyl groups excluding tert-OH is 1. The van der Waals surface area contributed by atoms with Crippen LogP contribution in [0.3, 0.4) is 0 Å². The van der Waals surface area contributed by atoms with E-state index in [1.165, 1.54) is 11.8 Å². The molecule has 2 unspecified atom stereocenters. The summed E-state index contributed by atoms with van der Waals surface area (Å²) in [5.74, 6) is -1.18. The summed E-state index contributed by atoms with van der Waals surface area (Å²) >= 11 is 1.33. The maximum atomic E-state index is 12.8. The molecule has 0 saturated carbocycles. The van der Waals surface area contributed by atoms with E-state index in [1.54, 1.807) is 67.6 Å². The normalized spacial score (nSPS) is 24.6. The third kappa shape index (κ3) is 5.63. The molecule has 1 aliphatic rings. The SMILES string of the molecule is CC1O[C@@H](Sc2ccccc2)C(OC(=O)c2ccccc2)[C@@H](O)[C@H]1OC(=O)c1ccccc1. The van der Waals surface area contributed by atoms with Crippen molar-refractivity contribution in [2.75, 3.05) is 0 Å². The van der Waals surface area contributed by atoms with Gasteiger partial charge in [-0.3, -0.25) is 0 Å². The number of carbonyl (C=O) groups is 2. The summed E-state index contributed by atoms with van der Waals surface area (Å²) in [5.41, 5.74) is 0.0110. The Kier molecular flexibility index (Phi) is 7.44. The summed E-state index contributed by atoms with van der Waals surface area (Å²) in [7, 11) is 0. The lowest BCUT2D eigenvalue weighted by molar-refractivity contribution is -0.194. The number of hydrogen-bond acceptors (Lipinski definition) is 7. The first-order chi connectivity index (χ1) is 16.0. The smallest absolute Gasteiger partial charge is 0.338 e. The molecule has 170 valence electrons. The van der Waals surface area contributed by atoms with Gasteiger partial charge < -0.3 is 19.3 Å². The van der Waals surface area contributed by atoms with Crippen molar-refractivity contribution in [2.24, 2.45) is 0 Å². The molecule has 1 fully saturated rings. The molecule has 6 nitrogen and oxygen atoms in total. The monoisotopic (exact) mass is 464 g/mol. The van der Waals surface area contributed by atoms with Crippen molar-refractivity contribution in [3.05, 3.63) is 102 Å². The van der Waals surface area contributed by atoms with Gasteiger partial charge in [-0.25, -0.2) is 9.59 Å². The molecule has 3 aromatic rings. The van der Waals surface area contributed by atoms with Crippen molar-refractivity contribution in [1.82, 2.24) is 0 Å². The van der Waals surface area contributed by atoms with Crippen LogP contribution in [0.1, 0.15) is 27.6 Å². The highest BCUT2D eigenvalue weighted by molar-refractivity contribution is 7.99. The van der Waals surface area contributed by atoms with E-state index >= 15 is 0 Å². The first kappa shape index (κ1) is 23.0. The summed E-state index contributed by atoms with van der Waals surface area (Å²) in [5, 5.41) is 11.2. The molecular weight excluding hydrogens is 440 g/mol. The van der Waals surface area contributed by atoms with Gasteiger partial charge in [0, 0.05) is 4.90 Å². The predicted octanol–water partition coefficient (Wildman–Crippen LogP) is 4.34. The van der Waals surface area contributed by atoms with E-state index in [1.807, 2.05) is 30.3 Å². The van der Waals surface area contributed by atoms with E-state index in [2.05, 4.69) is 0 Å². The predicted molar refractivity (Wildman–Crippen MR) is 124 cm³/mol. The number of esters is 2. The molecule has 0 aliphatic carbocycles. The highest BCUT2D eigenvalue weighted by atomic mass is 32.2. The van der Waals surface area contributed by atoms with Crippen molar-refractivity contribution < 1.29 is 28.9 Å². The summed E-state index contributed by atoms with van der Waals surface area (Å²) in [4.78, 5) is 26.3. The molecule has 0 aromatic heterocycles. The number of thioether (sulfide) groups is 1. The van der Waals surface area contributed by atoms with Crippen LogP contribution >= 0.6 is 11.8 Å². The highest BCUT2D eigenvalue weighted by Gasteiger charge is 2.48. The fourth-order valence-electron chi connectivity index (χ4n) is 3.54. The van der Waals surface area contributed by atoms with Gasteiger partial charge >= 0.3 is 11.9 Å². The van der Waals surface area contributed by atoms with Gasteiger partial charge in [-0.15, -0.1) is 0 Å². The minimum atomic E-state index is -1.28. The molecule has 1 N–H and O–H groups in total. The van der Waals surface area contributed by atoms with E-state index in [0.29, 0.717) is 11.1 Å². The molecule has 7 heteroatoms. The Labute approximate surface area is 196 Å². The van der Waals surface area contributed by atoms with Gasteiger partial charge in [-0.05, 0) is 43.3 Å². The Morgan fingerprint density at radius 2 is 1.21 bits per heavy atom. The van der Waals surface area contributed by atoms with Gasteiger partial charge in [0.05, 0.1) is 17.2 Å². The van der Waals surface area contributed by atoms with Crippen molar-refractivity contribution in [3.63, 3.8) is 0 Å². The Balaban J connectivity index is 1.56. The van der Waals surface area contributed by atoms with Crippen LogP contribution in [0.25, 0.3) is 0 Å². The summed E-state index contributed by atoms with van der Waals surface area (Å²) in [6.07, 6.45) is -3.98. The standard InChI is InChI=1S/C26H24O6S/c1-17-22(31-24(28)18-11-5-2-6-12-18)21(27)23(32-25(29)19-13-7-3-8-14-19)26(30-17)33-20-15-9-4-10-16-20/h2-17,21-23,26-27H,1H3/t17?,21-,22-,23?,26-/m0/s1. The average molecular weight is 465 g/mol. The minimum Gasteiger partial charge on any atom is -0.453 e. The van der Waals surface area contributed by atoms with Crippen LogP contribution in [0.4, 0.5) is 0 Å². The zero-order chi connectivity index (χ0) is 23.2. The summed E-state index contributed by atoms with van der Waals surface area (Å²) in [6.45, 7) is 1.72. The van der Waals surface area contributed by atoms with Gasteiger partial charge in [0.25, 0.3) is 0 Å². The zero-order valence-corrected chi connectivity index (χ0v) is 18.8. The number of aliphatic hydroxyl groups is 1. The van der Waals surface area contributed by atoms with Crippen LogP contribution in [0.15, 0.2) is 95.9 Å². The maximum absolute atomic E-state index is 12.8. The second kappa shape index (κ2) is 10.7. The first-order valence-corrected chi connectivity index (χ1v) is 11.5. The number of hydrogen-bond donors (Lipinski definition) is 1. The molecule has 0 radical (unpaired) electrons. The third-order valence-electron chi connectivity index (χ3n) is 5.25. The number of ether oxygens (including phenoxy) is 3. The Morgan fingerprint density at radius 1 is 0.758 bits per heavy atom. The van der Waals surface area contributed by atoms with Crippen molar-refractivity contribution in [3.8, 4) is 0 Å². The largest absolute Gasteiger partial charge is 0.453 e. The van der Waals surface area contributed by atoms with Crippen LogP contribution in [0.2, 0.25) is 0 Å². The molecule has 5 atom stereocenters. The molecule has 1 heterocycles. The second-order valence-corrected chi connectivity index (χ2v) is 8.77. The highest BCUT2D eigenvalue weighted by Crippen LogP contribution is 2.36. The summed E-state index contributed by atoms with van der Waals surface area (Å²) < 4.78 is 17.4. The maximum Gasteiger partial charge on any atom is 0.338 e. The minimum absolute atomic E-state index is 0.351.